The van der Waals surface area contributed by atoms with Crippen LogP contribution in [0.4, 0.5) is 0 Å². The van der Waals surface area contributed by atoms with Gasteiger partial charge in [-0.05, 0) is 50.6 Å². The minimum atomic E-state index is 0.548. The van der Waals surface area contributed by atoms with Crippen LogP contribution in [0.1, 0.15) is 66.2 Å². The molecule has 0 spiro atoms. The van der Waals surface area contributed by atoms with Crippen LogP contribution in [0.15, 0.2) is 0 Å². The van der Waals surface area contributed by atoms with Gasteiger partial charge in [-0.1, -0.05) is 40.5 Å². The van der Waals surface area contributed by atoms with Crippen molar-refractivity contribution < 1.29 is 0 Å². The van der Waals surface area contributed by atoms with Gasteiger partial charge in [-0.25, -0.2) is 0 Å². The van der Waals surface area contributed by atoms with Gasteiger partial charge in [0.05, 0.1) is 0 Å². The molecule has 0 heterocycles. The van der Waals surface area contributed by atoms with Gasteiger partial charge in [0.1, 0.15) is 0 Å². The average molecular weight is 268 g/mol. The SMILES string of the molecule is CCC(CC)N(C)CC1(CNCC(C)C)CCCC1. The summed E-state index contributed by atoms with van der Waals surface area (Å²) in [6, 6.07) is 0.766. The van der Waals surface area contributed by atoms with Crippen molar-refractivity contribution >= 4 is 0 Å². The summed E-state index contributed by atoms with van der Waals surface area (Å²) in [6.07, 6.45) is 8.26. The van der Waals surface area contributed by atoms with Crippen LogP contribution in [0.3, 0.4) is 0 Å². The molecule has 19 heavy (non-hydrogen) atoms. The summed E-state index contributed by atoms with van der Waals surface area (Å²) >= 11 is 0. The number of nitrogens with zero attached hydrogens (tertiary/aromatic N) is 1. The maximum Gasteiger partial charge on any atom is 0.00872 e. The van der Waals surface area contributed by atoms with E-state index in [4.69, 9.17) is 0 Å². The van der Waals surface area contributed by atoms with Crippen LogP contribution in [-0.4, -0.2) is 37.6 Å². The molecule has 0 amide bonds. The molecule has 1 N–H and O–H groups in total. The second-order valence-electron chi connectivity index (χ2n) is 7.12. The van der Waals surface area contributed by atoms with E-state index in [2.05, 4.69) is 45.0 Å². The number of rotatable bonds is 9. The Labute approximate surface area is 121 Å². The highest BCUT2D eigenvalue weighted by molar-refractivity contribution is 4.90. The molecule has 0 atom stereocenters. The second kappa shape index (κ2) is 8.26. The molecule has 2 nitrogen and oxygen atoms in total. The number of nitrogens with one attached hydrogen (secondary N) is 1. The Balaban J connectivity index is 2.51. The van der Waals surface area contributed by atoms with Crippen LogP contribution in [0.25, 0.3) is 0 Å². The molecule has 0 unspecified atom stereocenters. The highest BCUT2D eigenvalue weighted by Gasteiger charge is 2.35. The van der Waals surface area contributed by atoms with E-state index in [1.807, 2.05) is 0 Å². The molecule has 1 saturated carbocycles. The lowest BCUT2D eigenvalue weighted by molar-refractivity contribution is 0.128. The van der Waals surface area contributed by atoms with Gasteiger partial charge in [0.15, 0.2) is 0 Å². The second-order valence-corrected chi connectivity index (χ2v) is 7.12. The summed E-state index contributed by atoms with van der Waals surface area (Å²) in [4.78, 5) is 2.63. The summed E-state index contributed by atoms with van der Waals surface area (Å²) in [7, 11) is 2.33. The zero-order valence-electron chi connectivity index (χ0n) is 14.0. The van der Waals surface area contributed by atoms with Crippen LogP contribution < -0.4 is 5.32 Å². The first kappa shape index (κ1) is 17.0. The monoisotopic (exact) mass is 268 g/mol. The summed E-state index contributed by atoms with van der Waals surface area (Å²) in [5.41, 5.74) is 0.548. The van der Waals surface area contributed by atoms with E-state index >= 15 is 0 Å². The standard InChI is InChI=1S/C17H36N2/c1-6-16(7-2)19(5)14-17(10-8-9-11-17)13-18-12-15(3)4/h15-16,18H,6-14H2,1-5H3. The van der Waals surface area contributed by atoms with Gasteiger partial charge >= 0.3 is 0 Å². The Bertz CT molecular complexity index is 227. The highest BCUT2D eigenvalue weighted by atomic mass is 15.1. The van der Waals surface area contributed by atoms with E-state index in [0.29, 0.717) is 5.41 Å². The molecule has 0 aromatic heterocycles. The quantitative estimate of drug-likeness (QED) is 0.682. The molecular weight excluding hydrogens is 232 g/mol. The minimum Gasteiger partial charge on any atom is -0.316 e. The first-order valence-corrected chi connectivity index (χ1v) is 8.44. The fourth-order valence-corrected chi connectivity index (χ4v) is 3.71. The van der Waals surface area contributed by atoms with Crippen molar-refractivity contribution in [2.45, 2.75) is 72.3 Å². The Hall–Kier alpha value is -0.0800. The maximum absolute atomic E-state index is 3.72. The lowest BCUT2D eigenvalue weighted by atomic mass is 9.84. The van der Waals surface area contributed by atoms with Gasteiger partial charge in [-0.3, -0.25) is 0 Å². The topological polar surface area (TPSA) is 15.3 Å². The molecule has 2 heteroatoms. The molecular formula is C17H36N2. The van der Waals surface area contributed by atoms with E-state index in [0.717, 1.165) is 18.5 Å². The number of hydrogen-bond acceptors (Lipinski definition) is 2. The first-order chi connectivity index (χ1) is 9.03. The van der Waals surface area contributed by atoms with Crippen molar-refractivity contribution in [2.75, 3.05) is 26.7 Å². The van der Waals surface area contributed by atoms with E-state index in [-0.39, 0.29) is 0 Å². The largest absolute Gasteiger partial charge is 0.316 e. The predicted octanol–water partition coefficient (Wildman–Crippen LogP) is 3.91. The van der Waals surface area contributed by atoms with Crippen LogP contribution in [0, 0.1) is 11.3 Å². The molecule has 0 aromatic carbocycles. The Morgan fingerprint density at radius 2 is 1.68 bits per heavy atom. The van der Waals surface area contributed by atoms with E-state index in [1.54, 1.807) is 0 Å². The maximum atomic E-state index is 3.72. The molecule has 1 aliphatic carbocycles. The lowest BCUT2D eigenvalue weighted by Crippen LogP contribution is -2.45. The van der Waals surface area contributed by atoms with Gasteiger partial charge in [0.25, 0.3) is 0 Å². The van der Waals surface area contributed by atoms with Gasteiger partial charge in [0.2, 0.25) is 0 Å². The molecule has 0 saturated heterocycles. The normalized spacial score (nSPS) is 18.9. The molecule has 1 rings (SSSR count). The molecule has 1 aliphatic rings. The van der Waals surface area contributed by atoms with Gasteiger partial charge in [-0.2, -0.15) is 0 Å². The van der Waals surface area contributed by atoms with Gasteiger partial charge in [-0.15, -0.1) is 0 Å². The molecule has 0 bridgehead atoms. The van der Waals surface area contributed by atoms with Crippen molar-refractivity contribution in [1.29, 1.82) is 0 Å². The third kappa shape index (κ3) is 5.43. The summed E-state index contributed by atoms with van der Waals surface area (Å²) in [6.45, 7) is 12.9. The Morgan fingerprint density at radius 1 is 1.11 bits per heavy atom. The minimum absolute atomic E-state index is 0.548. The third-order valence-electron chi connectivity index (χ3n) is 4.87. The summed E-state index contributed by atoms with van der Waals surface area (Å²) in [5, 5.41) is 3.72. The zero-order chi connectivity index (χ0) is 14.3. The number of hydrogen-bond donors (Lipinski definition) is 1. The fraction of sp³-hybridized carbons (Fsp3) is 1.00. The van der Waals surface area contributed by atoms with E-state index < -0.39 is 0 Å². The van der Waals surface area contributed by atoms with Crippen LogP contribution in [0.2, 0.25) is 0 Å². The summed E-state index contributed by atoms with van der Waals surface area (Å²) in [5.74, 6) is 0.759. The molecule has 114 valence electrons. The zero-order valence-corrected chi connectivity index (χ0v) is 14.0. The molecule has 1 fully saturated rings. The third-order valence-corrected chi connectivity index (χ3v) is 4.87. The smallest absolute Gasteiger partial charge is 0.00872 e. The average Bonchev–Trinajstić information content (AvgIpc) is 2.78. The predicted molar refractivity (Wildman–Crippen MR) is 85.6 cm³/mol. The fourth-order valence-electron chi connectivity index (χ4n) is 3.71. The van der Waals surface area contributed by atoms with Crippen LogP contribution in [0.5, 0.6) is 0 Å². The molecule has 0 aromatic rings. The molecule has 0 aliphatic heterocycles. The Morgan fingerprint density at radius 3 is 2.16 bits per heavy atom. The van der Waals surface area contributed by atoms with Gasteiger partial charge in [0, 0.05) is 19.1 Å². The van der Waals surface area contributed by atoms with Crippen molar-refractivity contribution in [3.05, 3.63) is 0 Å². The van der Waals surface area contributed by atoms with Crippen molar-refractivity contribution in [1.82, 2.24) is 10.2 Å². The highest BCUT2D eigenvalue weighted by Crippen LogP contribution is 2.38. The van der Waals surface area contributed by atoms with Crippen molar-refractivity contribution in [2.24, 2.45) is 11.3 Å². The Kier molecular flexibility index (Phi) is 7.38. The lowest BCUT2D eigenvalue weighted by Gasteiger charge is -2.37. The van der Waals surface area contributed by atoms with Crippen LogP contribution in [-0.2, 0) is 0 Å². The van der Waals surface area contributed by atoms with Crippen molar-refractivity contribution in [3.63, 3.8) is 0 Å². The van der Waals surface area contributed by atoms with Crippen LogP contribution >= 0.6 is 0 Å². The first-order valence-electron chi connectivity index (χ1n) is 8.44. The molecule has 0 radical (unpaired) electrons. The van der Waals surface area contributed by atoms with Crippen molar-refractivity contribution in [3.8, 4) is 0 Å². The van der Waals surface area contributed by atoms with Gasteiger partial charge < -0.3 is 10.2 Å². The summed E-state index contributed by atoms with van der Waals surface area (Å²) < 4.78 is 0. The van der Waals surface area contributed by atoms with E-state index in [9.17, 15) is 0 Å². The van der Waals surface area contributed by atoms with E-state index in [1.165, 1.54) is 51.6 Å².